The second kappa shape index (κ2) is 5.39. The summed E-state index contributed by atoms with van der Waals surface area (Å²) >= 11 is 0. The van der Waals surface area contributed by atoms with Crippen LogP contribution in [0.25, 0.3) is 0 Å². The summed E-state index contributed by atoms with van der Waals surface area (Å²) in [6.07, 6.45) is 1.74. The molecule has 0 fully saturated rings. The summed E-state index contributed by atoms with van der Waals surface area (Å²) in [5.74, 6) is -0.244. The molecule has 1 unspecified atom stereocenters. The van der Waals surface area contributed by atoms with Gasteiger partial charge in [-0.3, -0.25) is 0 Å². The second-order valence-electron chi connectivity index (χ2n) is 3.47. The summed E-state index contributed by atoms with van der Waals surface area (Å²) in [6.45, 7) is 7.80. The fourth-order valence-corrected chi connectivity index (χ4v) is 1.26. The molecule has 0 aliphatic rings. The van der Waals surface area contributed by atoms with Crippen LogP contribution in [0.1, 0.15) is 13.8 Å². The van der Waals surface area contributed by atoms with E-state index in [2.05, 4.69) is 11.9 Å². The van der Waals surface area contributed by atoms with Crippen molar-refractivity contribution in [1.82, 2.24) is 0 Å². The second-order valence-corrected chi connectivity index (χ2v) is 3.47. The van der Waals surface area contributed by atoms with Crippen molar-refractivity contribution in [2.75, 3.05) is 17.7 Å². The van der Waals surface area contributed by atoms with Crippen molar-refractivity contribution < 1.29 is 9.13 Å². The molecule has 0 radical (unpaired) electrons. The molecule has 0 bridgehead atoms. The van der Waals surface area contributed by atoms with Gasteiger partial charge in [0, 0.05) is 18.2 Å². The summed E-state index contributed by atoms with van der Waals surface area (Å²) in [6, 6.07) is 2.87. The van der Waals surface area contributed by atoms with E-state index in [9.17, 15) is 4.39 Å². The smallest absolute Gasteiger partial charge is 0.167 e. The molecule has 0 aliphatic heterocycles. The van der Waals surface area contributed by atoms with Crippen LogP contribution in [0.2, 0.25) is 0 Å². The topological polar surface area (TPSA) is 47.3 Å². The Kier molecular flexibility index (Phi) is 4.17. The van der Waals surface area contributed by atoms with E-state index in [0.717, 1.165) is 0 Å². The summed E-state index contributed by atoms with van der Waals surface area (Å²) in [4.78, 5) is 0. The molecule has 1 aromatic rings. The van der Waals surface area contributed by atoms with Crippen LogP contribution in [0.3, 0.4) is 0 Å². The Morgan fingerprint density at radius 3 is 2.88 bits per heavy atom. The number of anilines is 2. The van der Waals surface area contributed by atoms with Gasteiger partial charge in [-0.25, -0.2) is 4.39 Å². The van der Waals surface area contributed by atoms with E-state index in [1.54, 1.807) is 19.1 Å². The first-order valence-corrected chi connectivity index (χ1v) is 5.19. The molecule has 0 heterocycles. The summed E-state index contributed by atoms with van der Waals surface area (Å²) in [5, 5.41) is 3.10. The lowest BCUT2D eigenvalue weighted by atomic mass is 10.2. The van der Waals surface area contributed by atoms with Gasteiger partial charge in [-0.2, -0.15) is 0 Å². The zero-order chi connectivity index (χ0) is 12.1. The first-order chi connectivity index (χ1) is 7.58. The van der Waals surface area contributed by atoms with Gasteiger partial charge in [-0.15, -0.1) is 6.58 Å². The van der Waals surface area contributed by atoms with Gasteiger partial charge in [0.25, 0.3) is 0 Å². The number of halogens is 1. The molecule has 3 nitrogen and oxygen atoms in total. The number of ether oxygens (including phenoxy) is 1. The average Bonchev–Trinajstić information content (AvgIpc) is 2.25. The van der Waals surface area contributed by atoms with Crippen molar-refractivity contribution in [2.24, 2.45) is 0 Å². The third-order valence-electron chi connectivity index (χ3n) is 2.14. The van der Waals surface area contributed by atoms with Gasteiger partial charge in [0.2, 0.25) is 0 Å². The number of nitrogen functional groups attached to an aromatic ring is 1. The quantitative estimate of drug-likeness (QED) is 0.597. The predicted molar refractivity (Wildman–Crippen MR) is 65.3 cm³/mol. The highest BCUT2D eigenvalue weighted by molar-refractivity contribution is 5.69. The van der Waals surface area contributed by atoms with Gasteiger partial charge in [0.15, 0.2) is 11.6 Å². The number of nitrogens with one attached hydrogen (secondary N) is 1. The van der Waals surface area contributed by atoms with Gasteiger partial charge >= 0.3 is 0 Å². The minimum Gasteiger partial charge on any atom is -0.491 e. The zero-order valence-corrected chi connectivity index (χ0v) is 9.59. The lowest BCUT2D eigenvalue weighted by Crippen LogP contribution is -2.13. The molecular weight excluding hydrogens is 207 g/mol. The molecule has 88 valence electrons. The number of hydrogen-bond acceptors (Lipinski definition) is 3. The van der Waals surface area contributed by atoms with Crippen molar-refractivity contribution >= 4 is 11.4 Å². The fourth-order valence-electron chi connectivity index (χ4n) is 1.26. The third-order valence-corrected chi connectivity index (χ3v) is 2.14. The normalized spacial score (nSPS) is 11.9. The van der Waals surface area contributed by atoms with E-state index in [-0.39, 0.29) is 11.8 Å². The molecule has 0 saturated carbocycles. The first kappa shape index (κ1) is 12.4. The number of benzene rings is 1. The monoisotopic (exact) mass is 224 g/mol. The molecule has 3 N–H and O–H groups in total. The molecule has 0 aromatic heterocycles. The summed E-state index contributed by atoms with van der Waals surface area (Å²) in [7, 11) is 0. The van der Waals surface area contributed by atoms with Gasteiger partial charge in [-0.1, -0.05) is 6.08 Å². The summed E-state index contributed by atoms with van der Waals surface area (Å²) < 4.78 is 18.5. The Balaban J connectivity index is 2.99. The molecule has 1 rings (SSSR count). The van der Waals surface area contributed by atoms with E-state index in [0.29, 0.717) is 18.0 Å². The SMILES string of the molecule is C=CC(C)Nc1cc(OCC)c(F)cc1N. The first-order valence-electron chi connectivity index (χ1n) is 5.19. The van der Waals surface area contributed by atoms with Crippen molar-refractivity contribution in [3.8, 4) is 5.75 Å². The maximum absolute atomic E-state index is 13.4. The average molecular weight is 224 g/mol. The highest BCUT2D eigenvalue weighted by Crippen LogP contribution is 2.28. The van der Waals surface area contributed by atoms with Gasteiger partial charge in [0.1, 0.15) is 0 Å². The van der Waals surface area contributed by atoms with Crippen LogP contribution in [0.5, 0.6) is 5.75 Å². The van der Waals surface area contributed by atoms with Gasteiger partial charge in [-0.05, 0) is 13.8 Å². The van der Waals surface area contributed by atoms with Crippen LogP contribution in [0.4, 0.5) is 15.8 Å². The van der Waals surface area contributed by atoms with E-state index >= 15 is 0 Å². The molecule has 0 aliphatic carbocycles. The van der Waals surface area contributed by atoms with Crippen molar-refractivity contribution in [2.45, 2.75) is 19.9 Å². The Bertz CT molecular complexity index is 380. The third kappa shape index (κ3) is 2.89. The molecule has 1 aromatic carbocycles. The van der Waals surface area contributed by atoms with E-state index in [1.807, 2.05) is 6.92 Å². The Morgan fingerprint density at radius 2 is 2.31 bits per heavy atom. The van der Waals surface area contributed by atoms with Crippen molar-refractivity contribution in [3.05, 3.63) is 30.6 Å². The minimum absolute atomic E-state index is 0.0576. The number of nitrogens with two attached hydrogens (primary N) is 1. The van der Waals surface area contributed by atoms with E-state index in [4.69, 9.17) is 10.5 Å². The lowest BCUT2D eigenvalue weighted by molar-refractivity contribution is 0.322. The molecule has 0 saturated heterocycles. The summed E-state index contributed by atoms with van der Waals surface area (Å²) in [5.41, 5.74) is 6.70. The number of rotatable bonds is 5. The highest BCUT2D eigenvalue weighted by Gasteiger charge is 2.09. The Hall–Kier alpha value is -1.71. The predicted octanol–water partition coefficient (Wildman–Crippen LogP) is 2.79. The van der Waals surface area contributed by atoms with Crippen LogP contribution >= 0.6 is 0 Å². The molecule has 0 spiro atoms. The fraction of sp³-hybridized carbons (Fsp3) is 0.333. The largest absolute Gasteiger partial charge is 0.491 e. The lowest BCUT2D eigenvalue weighted by Gasteiger charge is -2.15. The van der Waals surface area contributed by atoms with E-state index in [1.165, 1.54) is 6.07 Å². The zero-order valence-electron chi connectivity index (χ0n) is 9.59. The standard InChI is InChI=1S/C12H17FN2O/c1-4-8(3)15-11-7-12(16-5-2)9(13)6-10(11)14/h4,6-8,15H,1,5,14H2,2-3H3. The molecule has 16 heavy (non-hydrogen) atoms. The maximum atomic E-state index is 13.4. The van der Waals surface area contributed by atoms with Crippen molar-refractivity contribution in [3.63, 3.8) is 0 Å². The highest BCUT2D eigenvalue weighted by atomic mass is 19.1. The van der Waals surface area contributed by atoms with Gasteiger partial charge < -0.3 is 15.8 Å². The van der Waals surface area contributed by atoms with E-state index < -0.39 is 5.82 Å². The minimum atomic E-state index is -0.448. The van der Waals surface area contributed by atoms with Crippen LogP contribution in [0.15, 0.2) is 24.8 Å². The van der Waals surface area contributed by atoms with Crippen LogP contribution in [0, 0.1) is 5.82 Å². The molecule has 0 amide bonds. The van der Waals surface area contributed by atoms with Crippen LogP contribution in [-0.4, -0.2) is 12.6 Å². The molecular formula is C12H17FN2O. The maximum Gasteiger partial charge on any atom is 0.167 e. The number of hydrogen-bond donors (Lipinski definition) is 2. The van der Waals surface area contributed by atoms with Crippen LogP contribution in [-0.2, 0) is 0 Å². The Labute approximate surface area is 95.1 Å². The Morgan fingerprint density at radius 1 is 1.62 bits per heavy atom. The van der Waals surface area contributed by atoms with Crippen molar-refractivity contribution in [1.29, 1.82) is 0 Å². The molecule has 4 heteroatoms. The van der Waals surface area contributed by atoms with Gasteiger partial charge in [0.05, 0.1) is 18.0 Å². The van der Waals surface area contributed by atoms with Crippen LogP contribution < -0.4 is 15.8 Å². The molecule has 1 atom stereocenters.